The van der Waals surface area contributed by atoms with Gasteiger partial charge in [0.2, 0.25) is 5.91 Å². The molecule has 0 atom stereocenters. The molecule has 1 aliphatic heterocycles. The van der Waals surface area contributed by atoms with Crippen molar-refractivity contribution in [2.75, 3.05) is 43.1 Å². The van der Waals surface area contributed by atoms with Gasteiger partial charge in [-0.1, -0.05) is 15.9 Å². The van der Waals surface area contributed by atoms with E-state index in [4.69, 9.17) is 10.5 Å². The maximum absolute atomic E-state index is 11.4. The summed E-state index contributed by atoms with van der Waals surface area (Å²) in [6.07, 6.45) is 0. The van der Waals surface area contributed by atoms with E-state index in [2.05, 4.69) is 26.1 Å². The molecule has 0 radical (unpaired) electrons. The normalized spacial score (nSPS) is 14.0. The highest BCUT2D eigenvalue weighted by Gasteiger charge is 2.16. The van der Waals surface area contributed by atoms with Gasteiger partial charge in [-0.15, -0.1) is 24.8 Å². The lowest BCUT2D eigenvalue weighted by molar-refractivity contribution is -0.114. The molecule has 8 heteroatoms. The van der Waals surface area contributed by atoms with Gasteiger partial charge < -0.3 is 20.7 Å². The minimum atomic E-state index is -0.192. The van der Waals surface area contributed by atoms with Crippen molar-refractivity contribution in [3.05, 3.63) is 22.7 Å². The first-order chi connectivity index (χ1) is 8.70. The molecule has 1 fully saturated rings. The smallest absolute Gasteiger partial charge is 0.238 e. The van der Waals surface area contributed by atoms with E-state index in [9.17, 15) is 4.79 Å². The number of hydrogen-bond acceptors (Lipinski definition) is 4. The van der Waals surface area contributed by atoms with E-state index in [1.807, 2.05) is 18.2 Å². The zero-order chi connectivity index (χ0) is 13.0. The highest BCUT2D eigenvalue weighted by atomic mass is 79.9. The van der Waals surface area contributed by atoms with Gasteiger partial charge in [0.25, 0.3) is 0 Å². The number of nitrogens with one attached hydrogen (secondary N) is 1. The van der Waals surface area contributed by atoms with Crippen molar-refractivity contribution in [3.8, 4) is 0 Å². The molecule has 2 rings (SSSR count). The summed E-state index contributed by atoms with van der Waals surface area (Å²) < 4.78 is 6.25. The molecule has 1 saturated heterocycles. The van der Waals surface area contributed by atoms with E-state index in [0.717, 1.165) is 28.9 Å². The summed E-state index contributed by atoms with van der Waals surface area (Å²) in [5.74, 6) is -0.192. The maximum Gasteiger partial charge on any atom is 0.238 e. The van der Waals surface area contributed by atoms with Crippen molar-refractivity contribution in [1.82, 2.24) is 0 Å². The number of halogens is 3. The monoisotopic (exact) mass is 385 g/mol. The van der Waals surface area contributed by atoms with Crippen LogP contribution in [-0.4, -0.2) is 38.8 Å². The third-order valence-corrected chi connectivity index (χ3v) is 3.26. The van der Waals surface area contributed by atoms with E-state index in [-0.39, 0.29) is 37.3 Å². The van der Waals surface area contributed by atoms with Gasteiger partial charge in [-0.25, -0.2) is 0 Å². The van der Waals surface area contributed by atoms with E-state index in [1.165, 1.54) is 0 Å². The summed E-state index contributed by atoms with van der Waals surface area (Å²) in [4.78, 5) is 13.6. The second kappa shape index (κ2) is 9.41. The topological polar surface area (TPSA) is 67.6 Å². The Balaban J connectivity index is 0.00000180. The largest absolute Gasteiger partial charge is 0.378 e. The average Bonchev–Trinajstić information content (AvgIpc) is 2.40. The number of anilines is 2. The lowest BCUT2D eigenvalue weighted by Gasteiger charge is -2.30. The predicted octanol–water partition coefficient (Wildman–Crippen LogP) is 2.03. The molecule has 3 N–H and O–H groups in total. The second-order valence-electron chi connectivity index (χ2n) is 4.01. The number of hydrogen-bond donors (Lipinski definition) is 2. The van der Waals surface area contributed by atoms with Crippen LogP contribution >= 0.6 is 40.7 Å². The lowest BCUT2D eigenvalue weighted by atomic mass is 10.2. The first kappa shape index (κ1) is 19.5. The van der Waals surface area contributed by atoms with Crippen molar-refractivity contribution in [2.24, 2.45) is 5.73 Å². The van der Waals surface area contributed by atoms with Crippen LogP contribution < -0.4 is 16.0 Å². The van der Waals surface area contributed by atoms with Crippen LogP contribution in [0.2, 0.25) is 0 Å². The summed E-state index contributed by atoms with van der Waals surface area (Å²) in [6, 6.07) is 5.84. The quantitative estimate of drug-likeness (QED) is 0.833. The first-order valence-corrected chi connectivity index (χ1v) is 6.62. The Bertz CT molecular complexity index is 443. The minimum absolute atomic E-state index is 0. The number of benzene rings is 1. The number of morpholine rings is 1. The van der Waals surface area contributed by atoms with Crippen molar-refractivity contribution < 1.29 is 9.53 Å². The van der Waals surface area contributed by atoms with E-state index >= 15 is 0 Å². The number of nitrogens with two attached hydrogens (primary N) is 1. The fourth-order valence-electron chi connectivity index (χ4n) is 1.89. The highest BCUT2D eigenvalue weighted by molar-refractivity contribution is 9.10. The van der Waals surface area contributed by atoms with Gasteiger partial charge in [-0.2, -0.15) is 0 Å². The summed E-state index contributed by atoms with van der Waals surface area (Å²) in [6.45, 7) is 3.05. The number of nitrogens with zero attached hydrogens (tertiary/aromatic N) is 1. The molecule has 1 aliphatic rings. The standard InChI is InChI=1S/C12H16BrN3O2.2ClH/c13-9-1-2-11(16-3-5-18-6-4-16)10(7-9)15-12(17)8-14;;/h1-2,7H,3-6,8,14H2,(H,15,17);2*1H. The lowest BCUT2D eigenvalue weighted by Crippen LogP contribution is -2.37. The van der Waals surface area contributed by atoms with Crippen LogP contribution in [0.15, 0.2) is 22.7 Å². The fraction of sp³-hybridized carbons (Fsp3) is 0.417. The van der Waals surface area contributed by atoms with Gasteiger partial charge in [-0.05, 0) is 18.2 Å². The molecule has 0 unspecified atom stereocenters. The summed E-state index contributed by atoms with van der Waals surface area (Å²) in [5.41, 5.74) is 7.11. The molecule has 0 aromatic heterocycles. The van der Waals surface area contributed by atoms with Crippen LogP contribution in [0.25, 0.3) is 0 Å². The molecule has 1 amide bonds. The zero-order valence-electron chi connectivity index (χ0n) is 10.8. The Kier molecular flexibility index (Phi) is 9.16. The Morgan fingerprint density at radius 3 is 2.60 bits per heavy atom. The molecule has 0 aliphatic carbocycles. The van der Waals surface area contributed by atoms with Crippen LogP contribution in [0.3, 0.4) is 0 Å². The number of carbonyl (C=O) groups excluding carboxylic acids is 1. The average molecular weight is 387 g/mol. The van der Waals surface area contributed by atoms with Crippen LogP contribution in [0.5, 0.6) is 0 Å². The Morgan fingerprint density at radius 1 is 1.35 bits per heavy atom. The van der Waals surface area contributed by atoms with Gasteiger partial charge in [0.15, 0.2) is 0 Å². The predicted molar refractivity (Wildman–Crippen MR) is 89.4 cm³/mol. The SMILES string of the molecule is Cl.Cl.NCC(=O)Nc1cc(Br)ccc1N1CCOCC1. The number of amides is 1. The molecule has 114 valence electrons. The van der Waals surface area contributed by atoms with Gasteiger partial charge in [-0.3, -0.25) is 4.79 Å². The van der Waals surface area contributed by atoms with E-state index in [1.54, 1.807) is 0 Å². The van der Waals surface area contributed by atoms with Crippen LogP contribution in [0, 0.1) is 0 Å². The molecule has 1 heterocycles. The van der Waals surface area contributed by atoms with Crippen molar-refractivity contribution >= 4 is 58.0 Å². The third kappa shape index (κ3) is 5.10. The summed E-state index contributed by atoms with van der Waals surface area (Å²) >= 11 is 3.41. The van der Waals surface area contributed by atoms with Gasteiger partial charge >= 0.3 is 0 Å². The molecule has 20 heavy (non-hydrogen) atoms. The number of ether oxygens (including phenoxy) is 1. The van der Waals surface area contributed by atoms with Gasteiger partial charge in [0.1, 0.15) is 0 Å². The Morgan fingerprint density at radius 2 is 2.00 bits per heavy atom. The molecule has 1 aromatic carbocycles. The van der Waals surface area contributed by atoms with Crippen molar-refractivity contribution in [3.63, 3.8) is 0 Å². The van der Waals surface area contributed by atoms with Crippen molar-refractivity contribution in [1.29, 1.82) is 0 Å². The fourth-order valence-corrected chi connectivity index (χ4v) is 2.25. The highest BCUT2D eigenvalue weighted by Crippen LogP contribution is 2.29. The first-order valence-electron chi connectivity index (χ1n) is 5.83. The van der Waals surface area contributed by atoms with Crippen molar-refractivity contribution in [2.45, 2.75) is 0 Å². The minimum Gasteiger partial charge on any atom is -0.378 e. The second-order valence-corrected chi connectivity index (χ2v) is 4.93. The zero-order valence-corrected chi connectivity index (χ0v) is 14.0. The Hall–Kier alpha value is -0.530. The van der Waals surface area contributed by atoms with E-state index in [0.29, 0.717) is 13.2 Å². The molecule has 5 nitrogen and oxygen atoms in total. The molecule has 0 saturated carbocycles. The molecule has 0 bridgehead atoms. The van der Waals surface area contributed by atoms with Gasteiger partial charge in [0, 0.05) is 17.6 Å². The Labute approximate surface area is 139 Å². The molecule has 0 spiro atoms. The molecular weight excluding hydrogens is 369 g/mol. The van der Waals surface area contributed by atoms with Crippen LogP contribution in [-0.2, 0) is 9.53 Å². The number of rotatable bonds is 3. The van der Waals surface area contributed by atoms with E-state index < -0.39 is 0 Å². The molecular formula is C12H18BrCl2N3O2. The summed E-state index contributed by atoms with van der Waals surface area (Å²) in [5, 5.41) is 2.82. The maximum atomic E-state index is 11.4. The molecule has 1 aromatic rings. The van der Waals surface area contributed by atoms with Gasteiger partial charge in [0.05, 0.1) is 31.1 Å². The number of carbonyl (C=O) groups is 1. The summed E-state index contributed by atoms with van der Waals surface area (Å²) in [7, 11) is 0. The van der Waals surface area contributed by atoms with Crippen LogP contribution in [0.1, 0.15) is 0 Å². The third-order valence-electron chi connectivity index (χ3n) is 2.77. The van der Waals surface area contributed by atoms with Crippen LogP contribution in [0.4, 0.5) is 11.4 Å².